The van der Waals surface area contributed by atoms with E-state index in [0.717, 1.165) is 12.8 Å². The molecule has 4 nitrogen and oxygen atoms in total. The molecule has 14 heavy (non-hydrogen) atoms. The molecule has 0 aliphatic carbocycles. The van der Waals surface area contributed by atoms with E-state index in [4.69, 9.17) is 0 Å². The molecule has 0 heterocycles. The number of isocyanates is 2. The molecular formula is C10H16N2O2. The minimum absolute atomic E-state index is 0.369. The van der Waals surface area contributed by atoms with Crippen molar-refractivity contribution in [1.82, 2.24) is 0 Å². The van der Waals surface area contributed by atoms with Gasteiger partial charge in [0.1, 0.15) is 0 Å². The number of aliphatic imine (C=N–C) groups is 2. The quantitative estimate of drug-likeness (QED) is 0.481. The third kappa shape index (κ3) is 6.30. The first-order valence-corrected chi connectivity index (χ1v) is 4.64. The van der Waals surface area contributed by atoms with E-state index in [0.29, 0.717) is 12.5 Å². The predicted octanol–water partition coefficient (Wildman–Crippen LogP) is 1.85. The van der Waals surface area contributed by atoms with Crippen molar-refractivity contribution in [3.05, 3.63) is 0 Å². The van der Waals surface area contributed by atoms with Crippen molar-refractivity contribution in [3.63, 3.8) is 0 Å². The molecule has 0 spiro atoms. The molecule has 0 radical (unpaired) electrons. The summed E-state index contributed by atoms with van der Waals surface area (Å²) in [6.45, 7) is 6.31. The van der Waals surface area contributed by atoms with Crippen LogP contribution in [0.25, 0.3) is 0 Å². The van der Waals surface area contributed by atoms with E-state index < -0.39 is 0 Å². The first-order valence-electron chi connectivity index (χ1n) is 4.64. The second kappa shape index (κ2) is 6.25. The summed E-state index contributed by atoms with van der Waals surface area (Å²) in [7, 11) is 0. The molecule has 0 saturated heterocycles. The number of carbonyl (C=O) groups excluding carboxylic acids is 2. The number of nitrogens with zero attached hydrogens (tertiary/aromatic N) is 2. The second-order valence-corrected chi connectivity index (χ2v) is 4.09. The van der Waals surface area contributed by atoms with E-state index in [1.54, 1.807) is 6.08 Å². The molecule has 1 atom stereocenters. The van der Waals surface area contributed by atoms with Gasteiger partial charge in [-0.2, -0.15) is 4.99 Å². The van der Waals surface area contributed by atoms with Crippen molar-refractivity contribution in [1.29, 1.82) is 0 Å². The summed E-state index contributed by atoms with van der Waals surface area (Å²) in [5.41, 5.74) is -0.369. The first-order chi connectivity index (χ1) is 6.52. The Balaban J connectivity index is 3.97. The lowest BCUT2D eigenvalue weighted by atomic mass is 9.90. The van der Waals surface area contributed by atoms with Gasteiger partial charge in [-0.15, -0.1) is 0 Å². The van der Waals surface area contributed by atoms with Gasteiger partial charge in [0.15, 0.2) is 0 Å². The van der Waals surface area contributed by atoms with E-state index >= 15 is 0 Å². The summed E-state index contributed by atoms with van der Waals surface area (Å²) < 4.78 is 0. The number of hydrogen-bond donors (Lipinski definition) is 0. The molecule has 0 N–H and O–H groups in total. The summed E-state index contributed by atoms with van der Waals surface area (Å²) in [6.07, 6.45) is 4.67. The Morgan fingerprint density at radius 3 is 2.43 bits per heavy atom. The van der Waals surface area contributed by atoms with Gasteiger partial charge in [-0.05, 0) is 32.6 Å². The maximum absolute atomic E-state index is 10.1. The largest absolute Gasteiger partial charge is 0.235 e. The van der Waals surface area contributed by atoms with Crippen LogP contribution >= 0.6 is 0 Å². The highest BCUT2D eigenvalue weighted by atomic mass is 16.1. The van der Waals surface area contributed by atoms with Crippen LogP contribution in [0.4, 0.5) is 0 Å². The monoisotopic (exact) mass is 196 g/mol. The van der Waals surface area contributed by atoms with Gasteiger partial charge in [0, 0.05) is 0 Å². The van der Waals surface area contributed by atoms with Crippen LogP contribution in [0.15, 0.2) is 9.98 Å². The van der Waals surface area contributed by atoms with Gasteiger partial charge in [-0.25, -0.2) is 14.6 Å². The van der Waals surface area contributed by atoms with Gasteiger partial charge in [0.25, 0.3) is 0 Å². The van der Waals surface area contributed by atoms with Crippen LogP contribution in [0.1, 0.15) is 33.6 Å². The topological polar surface area (TPSA) is 58.9 Å². The smallest absolute Gasteiger partial charge is 0.211 e. The zero-order valence-electron chi connectivity index (χ0n) is 8.91. The predicted molar refractivity (Wildman–Crippen MR) is 53.6 cm³/mol. The van der Waals surface area contributed by atoms with E-state index in [9.17, 15) is 9.59 Å². The molecule has 0 saturated carbocycles. The van der Waals surface area contributed by atoms with Crippen LogP contribution in [0.3, 0.4) is 0 Å². The highest BCUT2D eigenvalue weighted by molar-refractivity contribution is 5.34. The van der Waals surface area contributed by atoms with Gasteiger partial charge in [-0.3, -0.25) is 0 Å². The Labute approximate surface area is 84.1 Å². The third-order valence-electron chi connectivity index (χ3n) is 1.99. The SMILES string of the molecule is CC(CCN=C=O)CC(C)(C)N=C=O. The second-order valence-electron chi connectivity index (χ2n) is 4.09. The van der Waals surface area contributed by atoms with E-state index in [1.165, 1.54) is 6.08 Å². The van der Waals surface area contributed by atoms with Gasteiger partial charge >= 0.3 is 0 Å². The Hall–Kier alpha value is -1.24. The van der Waals surface area contributed by atoms with Crippen molar-refractivity contribution < 1.29 is 9.59 Å². The molecule has 1 unspecified atom stereocenters. The molecule has 0 aromatic carbocycles. The fourth-order valence-corrected chi connectivity index (χ4v) is 1.45. The first kappa shape index (κ1) is 12.8. The molecule has 0 rings (SSSR count). The summed E-state index contributed by atoms with van der Waals surface area (Å²) in [4.78, 5) is 27.1. The Kier molecular flexibility index (Phi) is 5.70. The maximum Gasteiger partial charge on any atom is 0.235 e. The Bertz CT molecular complexity index is 261. The van der Waals surface area contributed by atoms with Gasteiger partial charge in [0.05, 0.1) is 12.1 Å². The maximum atomic E-state index is 10.1. The molecule has 0 fully saturated rings. The van der Waals surface area contributed by atoms with Crippen molar-refractivity contribution in [3.8, 4) is 0 Å². The third-order valence-corrected chi connectivity index (χ3v) is 1.99. The minimum Gasteiger partial charge on any atom is -0.211 e. The van der Waals surface area contributed by atoms with E-state index in [2.05, 4.69) is 9.98 Å². The van der Waals surface area contributed by atoms with Crippen molar-refractivity contribution >= 4 is 12.2 Å². The Morgan fingerprint density at radius 1 is 1.29 bits per heavy atom. The number of hydrogen-bond acceptors (Lipinski definition) is 4. The average Bonchev–Trinajstić information content (AvgIpc) is 2.03. The fraction of sp³-hybridized carbons (Fsp3) is 0.800. The van der Waals surface area contributed by atoms with Crippen LogP contribution in [0, 0.1) is 5.92 Å². The highest BCUT2D eigenvalue weighted by Crippen LogP contribution is 2.21. The molecule has 0 aliphatic heterocycles. The lowest BCUT2D eigenvalue weighted by Gasteiger charge is -2.21. The molecule has 0 aromatic heterocycles. The molecule has 4 heteroatoms. The molecule has 0 amide bonds. The molecule has 78 valence electrons. The van der Waals surface area contributed by atoms with Crippen molar-refractivity contribution in [2.75, 3.05) is 6.54 Å². The molecule has 0 aliphatic rings. The van der Waals surface area contributed by atoms with Crippen molar-refractivity contribution in [2.24, 2.45) is 15.9 Å². The Morgan fingerprint density at radius 2 is 1.93 bits per heavy atom. The van der Waals surface area contributed by atoms with Crippen LogP contribution in [0.5, 0.6) is 0 Å². The van der Waals surface area contributed by atoms with Gasteiger partial charge in [-0.1, -0.05) is 6.92 Å². The fourth-order valence-electron chi connectivity index (χ4n) is 1.45. The lowest BCUT2D eigenvalue weighted by molar-refractivity contribution is 0.368. The van der Waals surface area contributed by atoms with Crippen LogP contribution < -0.4 is 0 Å². The van der Waals surface area contributed by atoms with Gasteiger partial charge in [0.2, 0.25) is 12.2 Å². The van der Waals surface area contributed by atoms with Gasteiger partial charge < -0.3 is 0 Å². The van der Waals surface area contributed by atoms with Crippen LogP contribution in [0.2, 0.25) is 0 Å². The lowest BCUT2D eigenvalue weighted by Crippen LogP contribution is -2.20. The summed E-state index contributed by atoms with van der Waals surface area (Å²) in [6, 6.07) is 0. The standard InChI is InChI=1S/C10H16N2O2/c1-9(4-5-11-7-13)6-10(2,3)12-8-14/h9H,4-6H2,1-3H3. The molecule has 0 aromatic rings. The average molecular weight is 196 g/mol. The van der Waals surface area contributed by atoms with E-state index in [-0.39, 0.29) is 5.54 Å². The minimum atomic E-state index is -0.369. The molecule has 0 bridgehead atoms. The number of rotatable bonds is 6. The normalized spacial score (nSPS) is 12.5. The highest BCUT2D eigenvalue weighted by Gasteiger charge is 2.19. The van der Waals surface area contributed by atoms with Crippen LogP contribution in [-0.4, -0.2) is 24.2 Å². The van der Waals surface area contributed by atoms with E-state index in [1.807, 2.05) is 20.8 Å². The summed E-state index contributed by atoms with van der Waals surface area (Å²) >= 11 is 0. The zero-order valence-corrected chi connectivity index (χ0v) is 8.91. The zero-order chi connectivity index (χ0) is 11.0. The van der Waals surface area contributed by atoms with Crippen LogP contribution in [-0.2, 0) is 9.59 Å². The van der Waals surface area contributed by atoms with Crippen molar-refractivity contribution in [2.45, 2.75) is 39.2 Å². The summed E-state index contributed by atoms with van der Waals surface area (Å²) in [5.74, 6) is 0.374. The molecular weight excluding hydrogens is 180 g/mol. The summed E-state index contributed by atoms with van der Waals surface area (Å²) in [5, 5.41) is 0.